The zero-order chi connectivity index (χ0) is 20.6. The maximum Gasteiger partial charge on any atom is 0.296 e. The molecule has 3 rings (SSSR count). The summed E-state index contributed by atoms with van der Waals surface area (Å²) in [7, 11) is -4.73. The van der Waals surface area contributed by atoms with E-state index >= 15 is 0 Å². The van der Waals surface area contributed by atoms with Crippen LogP contribution >= 0.6 is 0 Å². The number of fused-ring (bicyclic) bond motifs is 1. The number of aryl methyl sites for hydroxylation is 1. The van der Waals surface area contributed by atoms with Crippen molar-refractivity contribution in [1.82, 2.24) is 0 Å². The third-order valence-corrected chi connectivity index (χ3v) is 5.01. The van der Waals surface area contributed by atoms with Crippen LogP contribution in [-0.2, 0) is 10.1 Å². The zero-order valence-corrected chi connectivity index (χ0v) is 15.2. The molecule has 0 fully saturated rings. The van der Waals surface area contributed by atoms with Crippen LogP contribution in [-0.4, -0.2) is 28.9 Å². The number of carbonyl (C=O) groups excluding carboxylic acids is 1. The number of nitro groups is 1. The fourth-order valence-electron chi connectivity index (χ4n) is 2.83. The second kappa shape index (κ2) is 6.91. The van der Waals surface area contributed by atoms with Crippen LogP contribution in [0.2, 0.25) is 0 Å². The lowest BCUT2D eigenvalue weighted by Crippen LogP contribution is -2.16. The Labute approximate surface area is 159 Å². The molecule has 0 saturated heterocycles. The average Bonchev–Trinajstić information content (AvgIpc) is 2.61. The third kappa shape index (κ3) is 3.50. The van der Waals surface area contributed by atoms with Gasteiger partial charge in [-0.25, -0.2) is 0 Å². The predicted octanol–water partition coefficient (Wildman–Crippen LogP) is 3.26. The highest BCUT2D eigenvalue weighted by molar-refractivity contribution is 7.86. The van der Waals surface area contributed by atoms with E-state index in [4.69, 9.17) is 0 Å². The summed E-state index contributed by atoms with van der Waals surface area (Å²) in [6, 6.07) is 10.5. The number of rotatable bonds is 4. The molecule has 0 spiro atoms. The number of nitro benzene ring substituents is 1. The van der Waals surface area contributed by atoms with E-state index in [1.54, 1.807) is 6.92 Å². The van der Waals surface area contributed by atoms with Gasteiger partial charge in [0.2, 0.25) is 0 Å². The Bertz CT molecular complexity index is 1240. The van der Waals surface area contributed by atoms with Gasteiger partial charge in [0, 0.05) is 16.8 Å². The number of hydrogen-bond donors (Lipinski definition) is 3. The lowest BCUT2D eigenvalue weighted by atomic mass is 10.1. The highest BCUT2D eigenvalue weighted by Gasteiger charge is 2.25. The van der Waals surface area contributed by atoms with Gasteiger partial charge < -0.3 is 10.4 Å². The number of nitrogens with one attached hydrogen (secondary N) is 1. The Kier molecular flexibility index (Phi) is 4.75. The van der Waals surface area contributed by atoms with Crippen LogP contribution in [0.3, 0.4) is 0 Å². The first-order valence-corrected chi connectivity index (χ1v) is 9.32. The Morgan fingerprint density at radius 1 is 1.11 bits per heavy atom. The fraction of sp³-hybridized carbons (Fsp3) is 0.0556. The van der Waals surface area contributed by atoms with Crippen LogP contribution in [0, 0.1) is 17.0 Å². The second-order valence-corrected chi connectivity index (χ2v) is 7.41. The molecule has 10 heteroatoms. The van der Waals surface area contributed by atoms with Crippen LogP contribution in [0.5, 0.6) is 5.75 Å². The summed E-state index contributed by atoms with van der Waals surface area (Å²) in [5.74, 6) is -1.11. The first kappa shape index (κ1) is 19.3. The molecular weight excluding hydrogens is 388 g/mol. The van der Waals surface area contributed by atoms with Gasteiger partial charge in [0.25, 0.3) is 21.7 Å². The molecule has 0 heterocycles. The van der Waals surface area contributed by atoms with E-state index in [9.17, 15) is 33.0 Å². The van der Waals surface area contributed by atoms with E-state index in [2.05, 4.69) is 5.32 Å². The van der Waals surface area contributed by atoms with Crippen molar-refractivity contribution >= 4 is 38.2 Å². The van der Waals surface area contributed by atoms with Gasteiger partial charge in [0.1, 0.15) is 16.2 Å². The Balaban J connectivity index is 2.21. The third-order valence-electron chi connectivity index (χ3n) is 4.11. The van der Waals surface area contributed by atoms with Crippen molar-refractivity contribution in [3.63, 3.8) is 0 Å². The summed E-state index contributed by atoms with van der Waals surface area (Å²) in [6.07, 6.45) is 0. The Morgan fingerprint density at radius 3 is 2.46 bits per heavy atom. The number of phenols is 1. The molecule has 0 radical (unpaired) electrons. The molecule has 9 nitrogen and oxygen atoms in total. The number of anilines is 1. The van der Waals surface area contributed by atoms with Crippen molar-refractivity contribution in [3.8, 4) is 5.75 Å². The maximum atomic E-state index is 12.7. The van der Waals surface area contributed by atoms with E-state index in [1.807, 2.05) is 0 Å². The van der Waals surface area contributed by atoms with Crippen molar-refractivity contribution in [2.45, 2.75) is 11.8 Å². The number of benzene rings is 3. The first-order chi connectivity index (χ1) is 13.1. The molecule has 0 aliphatic rings. The van der Waals surface area contributed by atoms with Crippen molar-refractivity contribution in [2.24, 2.45) is 0 Å². The molecular formula is C18H14N2O7S. The summed E-state index contributed by atoms with van der Waals surface area (Å²) in [5.41, 5.74) is -0.462. The SMILES string of the molecule is Cc1ccc(C(=O)Nc2c(S(=O)(=O)O)ccc3c(O)cccc23)c([N+](=O)[O-])c1. The highest BCUT2D eigenvalue weighted by Crippen LogP contribution is 2.35. The normalized spacial score (nSPS) is 11.4. The van der Waals surface area contributed by atoms with E-state index in [-0.39, 0.29) is 27.8 Å². The Morgan fingerprint density at radius 2 is 1.82 bits per heavy atom. The van der Waals surface area contributed by atoms with Crippen molar-refractivity contribution < 1.29 is 27.8 Å². The summed E-state index contributed by atoms with van der Waals surface area (Å²) in [5, 5.41) is 23.9. The van der Waals surface area contributed by atoms with Gasteiger partial charge in [-0.15, -0.1) is 0 Å². The van der Waals surface area contributed by atoms with Gasteiger partial charge in [-0.3, -0.25) is 19.5 Å². The molecule has 0 unspecified atom stereocenters. The first-order valence-electron chi connectivity index (χ1n) is 7.88. The molecule has 0 aromatic heterocycles. The fourth-order valence-corrected chi connectivity index (χ4v) is 3.49. The van der Waals surface area contributed by atoms with E-state index in [0.29, 0.717) is 5.56 Å². The van der Waals surface area contributed by atoms with E-state index in [1.165, 1.54) is 42.5 Å². The van der Waals surface area contributed by atoms with Crippen LogP contribution in [0.15, 0.2) is 53.4 Å². The summed E-state index contributed by atoms with van der Waals surface area (Å²) in [4.78, 5) is 22.6. The second-order valence-electron chi connectivity index (χ2n) is 6.02. The van der Waals surface area contributed by atoms with Gasteiger partial charge in [-0.05, 0) is 36.8 Å². The minimum Gasteiger partial charge on any atom is -0.507 e. The molecule has 3 aromatic carbocycles. The summed E-state index contributed by atoms with van der Waals surface area (Å²) < 4.78 is 33.0. The molecule has 0 aliphatic carbocycles. The lowest BCUT2D eigenvalue weighted by molar-refractivity contribution is -0.385. The zero-order valence-electron chi connectivity index (χ0n) is 14.4. The number of aromatic hydroxyl groups is 1. The maximum absolute atomic E-state index is 12.7. The van der Waals surface area contributed by atoms with Gasteiger partial charge in [0.05, 0.1) is 10.6 Å². The van der Waals surface area contributed by atoms with Crippen LogP contribution < -0.4 is 5.32 Å². The molecule has 144 valence electrons. The highest BCUT2D eigenvalue weighted by atomic mass is 32.2. The lowest BCUT2D eigenvalue weighted by Gasteiger charge is -2.13. The molecule has 1 amide bonds. The van der Waals surface area contributed by atoms with Gasteiger partial charge in [-0.2, -0.15) is 8.42 Å². The number of carbonyl (C=O) groups is 1. The average molecular weight is 402 g/mol. The molecule has 3 aromatic rings. The minimum absolute atomic E-state index is 0.137. The quantitative estimate of drug-likeness (QED) is 0.345. The number of amides is 1. The Hall–Kier alpha value is -3.50. The van der Waals surface area contributed by atoms with E-state index in [0.717, 1.165) is 6.07 Å². The van der Waals surface area contributed by atoms with Crippen LogP contribution in [0.1, 0.15) is 15.9 Å². The summed E-state index contributed by atoms with van der Waals surface area (Å²) in [6.45, 7) is 1.62. The van der Waals surface area contributed by atoms with Crippen molar-refractivity contribution in [1.29, 1.82) is 0 Å². The number of nitrogens with zero attached hydrogens (tertiary/aromatic N) is 1. The molecule has 28 heavy (non-hydrogen) atoms. The molecule has 0 saturated carbocycles. The van der Waals surface area contributed by atoms with Crippen LogP contribution in [0.25, 0.3) is 10.8 Å². The van der Waals surface area contributed by atoms with E-state index < -0.39 is 31.5 Å². The molecule has 0 atom stereocenters. The summed E-state index contributed by atoms with van der Waals surface area (Å²) >= 11 is 0. The molecule has 0 bridgehead atoms. The molecule has 3 N–H and O–H groups in total. The molecule has 0 aliphatic heterocycles. The standard InChI is InChI=1S/C18H14N2O7S/c1-10-5-6-13(14(9-10)20(23)24)18(22)19-17-12-3-2-4-15(21)11(12)7-8-16(17)28(25,26)27/h2-9,21H,1H3,(H,19,22)(H,25,26,27). The van der Waals surface area contributed by atoms with Gasteiger partial charge in [-0.1, -0.05) is 18.2 Å². The smallest absolute Gasteiger partial charge is 0.296 e. The predicted molar refractivity (Wildman–Crippen MR) is 101 cm³/mol. The monoisotopic (exact) mass is 402 g/mol. The van der Waals surface area contributed by atoms with Crippen LogP contribution in [0.4, 0.5) is 11.4 Å². The van der Waals surface area contributed by atoms with Crippen molar-refractivity contribution in [2.75, 3.05) is 5.32 Å². The largest absolute Gasteiger partial charge is 0.507 e. The van der Waals surface area contributed by atoms with Gasteiger partial charge >= 0.3 is 0 Å². The van der Waals surface area contributed by atoms with Gasteiger partial charge in [0.15, 0.2) is 0 Å². The topological polar surface area (TPSA) is 147 Å². The number of hydrogen-bond acceptors (Lipinski definition) is 6. The number of phenolic OH excluding ortho intramolecular Hbond substituents is 1. The van der Waals surface area contributed by atoms with Crippen molar-refractivity contribution in [3.05, 3.63) is 69.8 Å². The minimum atomic E-state index is -4.73.